The first-order valence-corrected chi connectivity index (χ1v) is 12.7. The van der Waals surface area contributed by atoms with Gasteiger partial charge in [-0.3, -0.25) is 9.88 Å². The highest BCUT2D eigenvalue weighted by Gasteiger charge is 2.07. The second kappa shape index (κ2) is 13.1. The number of nitrogens with one attached hydrogen (secondary N) is 1. The van der Waals surface area contributed by atoms with Crippen molar-refractivity contribution < 1.29 is 0 Å². The number of benzene rings is 3. The Labute approximate surface area is 208 Å². The maximum absolute atomic E-state index is 6.10. The van der Waals surface area contributed by atoms with Gasteiger partial charge < -0.3 is 5.32 Å². The zero-order valence-electron chi connectivity index (χ0n) is 19.8. The third-order valence-electron chi connectivity index (χ3n) is 6.17. The molecule has 1 aromatic heterocycles. The van der Waals surface area contributed by atoms with E-state index in [1.54, 1.807) is 0 Å². The third-order valence-corrected chi connectivity index (χ3v) is 6.40. The summed E-state index contributed by atoms with van der Waals surface area (Å²) in [6.07, 6.45) is 8.06. The second-order valence-corrected chi connectivity index (χ2v) is 9.33. The van der Waals surface area contributed by atoms with Crippen molar-refractivity contribution in [2.24, 2.45) is 0 Å². The molecule has 0 saturated carbocycles. The Hall–Kier alpha value is -2.88. The molecule has 3 nitrogen and oxygen atoms in total. The molecule has 0 saturated heterocycles. The van der Waals surface area contributed by atoms with E-state index in [9.17, 15) is 0 Å². The largest absolute Gasteiger partial charge is 0.384 e. The third kappa shape index (κ3) is 7.58. The van der Waals surface area contributed by atoms with Crippen molar-refractivity contribution in [2.45, 2.75) is 45.2 Å². The molecule has 176 valence electrons. The molecule has 4 aromatic rings. The Morgan fingerprint density at radius 1 is 0.706 bits per heavy atom. The number of hydrogen-bond donors (Lipinski definition) is 1. The molecule has 0 unspecified atom stereocenters. The number of unbranched alkanes of at least 4 members (excludes halogenated alkanes) is 4. The number of anilines is 1. The molecule has 0 amide bonds. The van der Waals surface area contributed by atoms with E-state index in [1.807, 2.05) is 30.5 Å². The first kappa shape index (κ1) is 24.3. The van der Waals surface area contributed by atoms with E-state index in [0.717, 1.165) is 47.8 Å². The minimum atomic E-state index is 0.725. The van der Waals surface area contributed by atoms with Crippen LogP contribution < -0.4 is 5.32 Å². The van der Waals surface area contributed by atoms with Gasteiger partial charge in [-0.25, -0.2) is 0 Å². The van der Waals surface area contributed by atoms with Gasteiger partial charge in [-0.15, -0.1) is 0 Å². The molecule has 4 heteroatoms. The summed E-state index contributed by atoms with van der Waals surface area (Å²) in [6.45, 7) is 4.12. The molecule has 4 rings (SSSR count). The maximum Gasteiger partial charge on any atom is 0.0737 e. The van der Waals surface area contributed by atoms with Crippen LogP contribution in [0.25, 0.3) is 10.9 Å². The van der Waals surface area contributed by atoms with Gasteiger partial charge in [-0.1, -0.05) is 91.5 Å². The fourth-order valence-corrected chi connectivity index (χ4v) is 4.55. The van der Waals surface area contributed by atoms with Gasteiger partial charge in [0.05, 0.1) is 5.52 Å². The molecule has 3 aromatic carbocycles. The van der Waals surface area contributed by atoms with Crippen molar-refractivity contribution in [3.63, 3.8) is 0 Å². The standard InChI is InChI=1S/C30H34ClN3/c31-27-16-17-28-29(18-20-33-30(28)22-27)32-19-10-2-1-3-11-21-34(23-25-12-6-4-7-13-25)24-26-14-8-5-9-15-26/h4-9,12-18,20,22H,1-3,10-11,19,21,23-24H2,(H,32,33). The molecule has 0 aliphatic heterocycles. The number of halogens is 1. The number of fused-ring (bicyclic) bond motifs is 1. The van der Waals surface area contributed by atoms with Gasteiger partial charge >= 0.3 is 0 Å². The number of aromatic nitrogens is 1. The highest BCUT2D eigenvalue weighted by atomic mass is 35.5. The summed E-state index contributed by atoms with van der Waals surface area (Å²) in [6, 6.07) is 29.6. The predicted molar refractivity (Wildman–Crippen MR) is 145 cm³/mol. The van der Waals surface area contributed by atoms with Gasteiger partial charge in [0.25, 0.3) is 0 Å². The summed E-state index contributed by atoms with van der Waals surface area (Å²) in [5.41, 5.74) is 4.85. The number of pyridine rings is 1. The fourth-order valence-electron chi connectivity index (χ4n) is 4.39. The molecular formula is C30H34ClN3. The minimum absolute atomic E-state index is 0.725. The van der Waals surface area contributed by atoms with Gasteiger partial charge in [0.1, 0.15) is 0 Å². The quantitative estimate of drug-likeness (QED) is 0.200. The number of rotatable bonds is 13. The Bertz CT molecular complexity index is 1090. The molecule has 0 bridgehead atoms. The lowest BCUT2D eigenvalue weighted by atomic mass is 10.1. The monoisotopic (exact) mass is 471 g/mol. The first-order chi connectivity index (χ1) is 16.8. The summed E-state index contributed by atoms with van der Waals surface area (Å²) in [5, 5.41) is 5.43. The zero-order chi connectivity index (χ0) is 23.4. The van der Waals surface area contributed by atoms with Crippen molar-refractivity contribution in [3.05, 3.63) is 107 Å². The van der Waals surface area contributed by atoms with E-state index in [0.29, 0.717) is 0 Å². The van der Waals surface area contributed by atoms with E-state index >= 15 is 0 Å². The Balaban J connectivity index is 1.17. The van der Waals surface area contributed by atoms with E-state index < -0.39 is 0 Å². The summed E-state index contributed by atoms with van der Waals surface area (Å²) in [5.74, 6) is 0. The lowest BCUT2D eigenvalue weighted by Gasteiger charge is -2.22. The molecule has 1 N–H and O–H groups in total. The molecule has 0 radical (unpaired) electrons. The smallest absolute Gasteiger partial charge is 0.0737 e. The van der Waals surface area contributed by atoms with Gasteiger partial charge in [-0.2, -0.15) is 0 Å². The van der Waals surface area contributed by atoms with E-state index in [1.165, 1.54) is 43.2 Å². The molecule has 0 spiro atoms. The molecule has 34 heavy (non-hydrogen) atoms. The Morgan fingerprint density at radius 3 is 2.06 bits per heavy atom. The highest BCUT2D eigenvalue weighted by molar-refractivity contribution is 6.31. The molecule has 0 aliphatic carbocycles. The van der Waals surface area contributed by atoms with Gasteiger partial charge in [0.15, 0.2) is 0 Å². The van der Waals surface area contributed by atoms with Crippen LogP contribution in [0.15, 0.2) is 91.1 Å². The Morgan fingerprint density at radius 2 is 1.35 bits per heavy atom. The molecule has 0 fully saturated rings. The van der Waals surface area contributed by atoms with Crippen LogP contribution in [0.5, 0.6) is 0 Å². The SMILES string of the molecule is Clc1ccc2c(NCCCCCCCN(Cc3ccccc3)Cc3ccccc3)ccnc2c1. The fraction of sp³-hybridized carbons (Fsp3) is 0.300. The molecule has 1 heterocycles. The van der Waals surface area contributed by atoms with Crippen molar-refractivity contribution >= 4 is 28.2 Å². The topological polar surface area (TPSA) is 28.2 Å². The lowest BCUT2D eigenvalue weighted by molar-refractivity contribution is 0.250. The summed E-state index contributed by atoms with van der Waals surface area (Å²) in [4.78, 5) is 7.00. The maximum atomic E-state index is 6.10. The van der Waals surface area contributed by atoms with Gasteiger partial charge in [0.2, 0.25) is 0 Å². The van der Waals surface area contributed by atoms with Crippen LogP contribution in [0.3, 0.4) is 0 Å². The average molecular weight is 472 g/mol. The van der Waals surface area contributed by atoms with Crippen LogP contribution in [-0.2, 0) is 13.1 Å². The second-order valence-electron chi connectivity index (χ2n) is 8.90. The van der Waals surface area contributed by atoms with Gasteiger partial charge in [0, 0.05) is 41.9 Å². The van der Waals surface area contributed by atoms with Crippen molar-refractivity contribution in [2.75, 3.05) is 18.4 Å². The van der Waals surface area contributed by atoms with Crippen LogP contribution in [0, 0.1) is 0 Å². The van der Waals surface area contributed by atoms with Crippen LogP contribution >= 0.6 is 11.6 Å². The van der Waals surface area contributed by atoms with E-state index in [-0.39, 0.29) is 0 Å². The summed E-state index contributed by atoms with van der Waals surface area (Å²) < 4.78 is 0. The zero-order valence-corrected chi connectivity index (χ0v) is 20.6. The van der Waals surface area contributed by atoms with Crippen molar-refractivity contribution in [1.82, 2.24) is 9.88 Å². The highest BCUT2D eigenvalue weighted by Crippen LogP contribution is 2.24. The first-order valence-electron chi connectivity index (χ1n) is 12.4. The van der Waals surface area contributed by atoms with E-state index in [4.69, 9.17) is 11.6 Å². The molecule has 0 atom stereocenters. The van der Waals surface area contributed by atoms with Crippen molar-refractivity contribution in [1.29, 1.82) is 0 Å². The average Bonchev–Trinajstić information content (AvgIpc) is 2.86. The van der Waals surface area contributed by atoms with Gasteiger partial charge in [-0.05, 0) is 54.8 Å². The Kier molecular flexibility index (Phi) is 9.36. The van der Waals surface area contributed by atoms with Crippen LogP contribution in [0.2, 0.25) is 5.02 Å². The molecule has 0 aliphatic rings. The van der Waals surface area contributed by atoms with Crippen LogP contribution in [-0.4, -0.2) is 23.0 Å². The number of nitrogens with zero attached hydrogens (tertiary/aromatic N) is 2. The van der Waals surface area contributed by atoms with Crippen molar-refractivity contribution in [3.8, 4) is 0 Å². The van der Waals surface area contributed by atoms with Crippen LogP contribution in [0.1, 0.15) is 43.2 Å². The predicted octanol–water partition coefficient (Wildman–Crippen LogP) is 7.95. The minimum Gasteiger partial charge on any atom is -0.384 e. The van der Waals surface area contributed by atoms with E-state index in [2.05, 4.69) is 75.9 Å². The summed E-state index contributed by atoms with van der Waals surface area (Å²) in [7, 11) is 0. The van der Waals surface area contributed by atoms with Crippen LogP contribution in [0.4, 0.5) is 5.69 Å². The number of hydrogen-bond acceptors (Lipinski definition) is 3. The summed E-state index contributed by atoms with van der Waals surface area (Å²) >= 11 is 6.10. The molecular weight excluding hydrogens is 438 g/mol. The lowest BCUT2D eigenvalue weighted by Crippen LogP contribution is -2.24. The normalized spacial score (nSPS) is 11.2.